The number of carbonyl (C=O) groups is 1. The largest absolute Gasteiger partial charge is 0.360 e. The molecule has 0 saturated carbocycles. The van der Waals surface area contributed by atoms with Gasteiger partial charge in [0.25, 0.3) is 5.91 Å². The van der Waals surface area contributed by atoms with E-state index in [2.05, 4.69) is 26.0 Å². The van der Waals surface area contributed by atoms with E-state index < -0.39 is 5.82 Å². The van der Waals surface area contributed by atoms with Crippen molar-refractivity contribution >= 4 is 21.8 Å². The van der Waals surface area contributed by atoms with Gasteiger partial charge in [-0.1, -0.05) is 21.1 Å². The highest BCUT2D eigenvalue weighted by atomic mass is 79.9. The van der Waals surface area contributed by atoms with Gasteiger partial charge >= 0.3 is 0 Å². The molecular formula is C16H17BrFN3O2. The summed E-state index contributed by atoms with van der Waals surface area (Å²) in [6.07, 6.45) is 0. The zero-order valence-corrected chi connectivity index (χ0v) is 14.3. The summed E-state index contributed by atoms with van der Waals surface area (Å²) < 4.78 is 19.8. The maximum Gasteiger partial charge on any atom is 0.256 e. The van der Waals surface area contributed by atoms with E-state index in [4.69, 9.17) is 4.52 Å². The Morgan fingerprint density at radius 2 is 2.04 bits per heavy atom. The molecule has 5 nitrogen and oxygen atoms in total. The van der Waals surface area contributed by atoms with Crippen LogP contribution in [0.1, 0.15) is 21.8 Å². The van der Waals surface area contributed by atoms with Crippen LogP contribution in [0.4, 0.5) is 4.39 Å². The van der Waals surface area contributed by atoms with E-state index in [0.717, 1.165) is 24.5 Å². The summed E-state index contributed by atoms with van der Waals surface area (Å²) in [6, 6.07) is 6.43. The minimum atomic E-state index is -0.496. The van der Waals surface area contributed by atoms with E-state index in [1.807, 2.05) is 13.0 Å². The number of rotatable bonds is 3. The Hall–Kier alpha value is -1.73. The average Bonchev–Trinajstić information content (AvgIpc) is 2.92. The second-order valence-corrected chi connectivity index (χ2v) is 6.54. The van der Waals surface area contributed by atoms with E-state index in [-0.39, 0.29) is 11.5 Å². The standard InChI is InChI=1S/C16H17BrFN3O2/c1-11-8-13(23-19-11)10-20-4-6-21(7-5-20)16(22)14-3-2-12(17)9-15(14)18/h2-3,8-9H,4-7,10H2,1H3. The lowest BCUT2D eigenvalue weighted by atomic mass is 10.1. The van der Waals surface area contributed by atoms with E-state index in [1.165, 1.54) is 12.1 Å². The number of aryl methyl sites for hydroxylation is 1. The fraction of sp³-hybridized carbons (Fsp3) is 0.375. The molecule has 1 fully saturated rings. The molecule has 0 spiro atoms. The molecule has 3 rings (SSSR count). The Kier molecular flexibility index (Phi) is 4.77. The SMILES string of the molecule is Cc1cc(CN2CCN(C(=O)c3ccc(Br)cc3F)CC2)on1. The molecule has 0 aliphatic carbocycles. The lowest BCUT2D eigenvalue weighted by Crippen LogP contribution is -2.48. The molecule has 0 unspecified atom stereocenters. The number of nitrogens with zero attached hydrogens (tertiary/aromatic N) is 3. The van der Waals surface area contributed by atoms with E-state index in [1.54, 1.807) is 11.0 Å². The zero-order valence-electron chi connectivity index (χ0n) is 12.8. The summed E-state index contributed by atoms with van der Waals surface area (Å²) in [7, 11) is 0. The van der Waals surface area contributed by atoms with Crippen molar-refractivity contribution in [2.45, 2.75) is 13.5 Å². The Morgan fingerprint density at radius 1 is 1.30 bits per heavy atom. The number of hydrogen-bond donors (Lipinski definition) is 0. The summed E-state index contributed by atoms with van der Waals surface area (Å²) in [4.78, 5) is 16.3. The predicted molar refractivity (Wildman–Crippen MR) is 86.5 cm³/mol. The van der Waals surface area contributed by atoms with Crippen LogP contribution < -0.4 is 0 Å². The Labute approximate surface area is 142 Å². The highest BCUT2D eigenvalue weighted by Crippen LogP contribution is 2.18. The number of piperazine rings is 1. The van der Waals surface area contributed by atoms with Gasteiger partial charge < -0.3 is 9.42 Å². The molecule has 1 aliphatic rings. The molecule has 0 N–H and O–H groups in total. The number of aromatic nitrogens is 1. The fourth-order valence-electron chi connectivity index (χ4n) is 2.65. The average molecular weight is 382 g/mol. The third kappa shape index (κ3) is 3.79. The van der Waals surface area contributed by atoms with Gasteiger partial charge in [0.15, 0.2) is 5.76 Å². The van der Waals surface area contributed by atoms with Crippen molar-refractivity contribution in [3.8, 4) is 0 Å². The van der Waals surface area contributed by atoms with Crippen molar-refractivity contribution < 1.29 is 13.7 Å². The van der Waals surface area contributed by atoms with Crippen LogP contribution >= 0.6 is 15.9 Å². The normalized spacial score (nSPS) is 15.9. The topological polar surface area (TPSA) is 49.6 Å². The molecule has 122 valence electrons. The van der Waals surface area contributed by atoms with E-state index in [0.29, 0.717) is 24.1 Å². The second kappa shape index (κ2) is 6.80. The van der Waals surface area contributed by atoms with Crippen LogP contribution in [0.15, 0.2) is 33.3 Å². The molecule has 1 amide bonds. The molecule has 0 bridgehead atoms. The molecule has 1 aliphatic heterocycles. The van der Waals surface area contributed by atoms with Gasteiger partial charge in [-0.15, -0.1) is 0 Å². The van der Waals surface area contributed by atoms with Gasteiger partial charge in [0.1, 0.15) is 5.82 Å². The summed E-state index contributed by atoms with van der Waals surface area (Å²) in [5.74, 6) is 0.0651. The minimum Gasteiger partial charge on any atom is -0.360 e. The van der Waals surface area contributed by atoms with Gasteiger partial charge in [-0.05, 0) is 25.1 Å². The van der Waals surface area contributed by atoms with Crippen LogP contribution in [-0.2, 0) is 6.54 Å². The van der Waals surface area contributed by atoms with Crippen molar-refractivity contribution in [2.24, 2.45) is 0 Å². The summed E-state index contributed by atoms with van der Waals surface area (Å²) in [6.45, 7) is 5.15. The van der Waals surface area contributed by atoms with Gasteiger partial charge in [-0.25, -0.2) is 4.39 Å². The van der Waals surface area contributed by atoms with Crippen LogP contribution in [0, 0.1) is 12.7 Å². The molecule has 1 aromatic heterocycles. The molecule has 2 heterocycles. The second-order valence-electron chi connectivity index (χ2n) is 5.63. The minimum absolute atomic E-state index is 0.118. The van der Waals surface area contributed by atoms with Crippen molar-refractivity contribution in [2.75, 3.05) is 26.2 Å². The quantitative estimate of drug-likeness (QED) is 0.819. The molecule has 23 heavy (non-hydrogen) atoms. The van der Waals surface area contributed by atoms with Gasteiger partial charge in [0, 0.05) is 36.7 Å². The number of halogens is 2. The Morgan fingerprint density at radius 3 is 2.65 bits per heavy atom. The van der Waals surface area contributed by atoms with Gasteiger partial charge in [0.2, 0.25) is 0 Å². The highest BCUT2D eigenvalue weighted by molar-refractivity contribution is 9.10. The summed E-state index contributed by atoms with van der Waals surface area (Å²) in [5.41, 5.74) is 0.979. The highest BCUT2D eigenvalue weighted by Gasteiger charge is 2.24. The van der Waals surface area contributed by atoms with Gasteiger partial charge in [0.05, 0.1) is 17.8 Å². The molecule has 7 heteroatoms. The number of amides is 1. The molecule has 1 saturated heterocycles. The van der Waals surface area contributed by atoms with Crippen LogP contribution in [0.25, 0.3) is 0 Å². The lowest BCUT2D eigenvalue weighted by molar-refractivity contribution is 0.0613. The third-order valence-electron chi connectivity index (χ3n) is 3.88. The van der Waals surface area contributed by atoms with Crippen molar-refractivity contribution in [1.29, 1.82) is 0 Å². The zero-order chi connectivity index (χ0) is 16.4. The fourth-order valence-corrected chi connectivity index (χ4v) is 2.99. The van der Waals surface area contributed by atoms with Gasteiger partial charge in [-0.3, -0.25) is 9.69 Å². The number of carbonyl (C=O) groups excluding carboxylic acids is 1. The Balaban J connectivity index is 1.59. The first-order chi connectivity index (χ1) is 11.0. The van der Waals surface area contributed by atoms with Crippen molar-refractivity contribution in [1.82, 2.24) is 15.0 Å². The van der Waals surface area contributed by atoms with Crippen LogP contribution in [0.5, 0.6) is 0 Å². The first-order valence-electron chi connectivity index (χ1n) is 7.42. The van der Waals surface area contributed by atoms with Crippen LogP contribution in [0.2, 0.25) is 0 Å². The third-order valence-corrected chi connectivity index (χ3v) is 4.37. The number of benzene rings is 1. The summed E-state index contributed by atoms with van der Waals surface area (Å²) >= 11 is 3.20. The molecular weight excluding hydrogens is 365 g/mol. The first-order valence-corrected chi connectivity index (χ1v) is 8.21. The number of hydrogen-bond acceptors (Lipinski definition) is 4. The molecule has 2 aromatic rings. The van der Waals surface area contributed by atoms with Crippen LogP contribution in [-0.4, -0.2) is 47.0 Å². The predicted octanol–water partition coefficient (Wildman–Crippen LogP) is 2.84. The van der Waals surface area contributed by atoms with Crippen molar-refractivity contribution in [3.63, 3.8) is 0 Å². The monoisotopic (exact) mass is 381 g/mol. The maximum absolute atomic E-state index is 13.9. The van der Waals surface area contributed by atoms with Crippen LogP contribution in [0.3, 0.4) is 0 Å². The summed E-state index contributed by atoms with van der Waals surface area (Å²) in [5, 5.41) is 3.87. The first kappa shape index (κ1) is 16.1. The smallest absolute Gasteiger partial charge is 0.256 e. The Bertz CT molecular complexity index is 711. The molecule has 0 atom stereocenters. The lowest BCUT2D eigenvalue weighted by Gasteiger charge is -2.34. The van der Waals surface area contributed by atoms with E-state index >= 15 is 0 Å². The maximum atomic E-state index is 13.9. The van der Waals surface area contributed by atoms with E-state index in [9.17, 15) is 9.18 Å². The van der Waals surface area contributed by atoms with Crippen molar-refractivity contribution in [3.05, 3.63) is 51.6 Å². The molecule has 0 radical (unpaired) electrons. The molecule has 1 aromatic carbocycles. The van der Waals surface area contributed by atoms with Gasteiger partial charge in [-0.2, -0.15) is 0 Å².